The minimum Gasteiger partial charge on any atom is -0.368 e. The fourth-order valence-electron chi connectivity index (χ4n) is 6.20. The van der Waals surface area contributed by atoms with Crippen molar-refractivity contribution in [2.75, 3.05) is 24.5 Å². The first kappa shape index (κ1) is 24.0. The van der Waals surface area contributed by atoms with E-state index in [9.17, 15) is 4.79 Å². The molecule has 2 aromatic heterocycles. The third kappa shape index (κ3) is 4.72. The number of aromatic nitrogens is 4. The summed E-state index contributed by atoms with van der Waals surface area (Å²) < 4.78 is 2.30. The third-order valence-electron chi connectivity index (χ3n) is 8.71. The Morgan fingerprint density at radius 3 is 2.76 bits per heavy atom. The SMILES string of the molecule is CCc1nn(C2CCC2)c2cc(N3CCN(C(=O)Cc4cn[nH]c4)C(CC4C=CC=CC4C)C3)ccc12. The van der Waals surface area contributed by atoms with Crippen LogP contribution in [0.2, 0.25) is 0 Å². The first-order valence-electron chi connectivity index (χ1n) is 14.0. The van der Waals surface area contributed by atoms with Gasteiger partial charge in [-0.05, 0) is 67.7 Å². The highest BCUT2D eigenvalue weighted by atomic mass is 16.2. The molecule has 1 N–H and O–H groups in total. The van der Waals surface area contributed by atoms with E-state index in [0.29, 0.717) is 24.3 Å². The van der Waals surface area contributed by atoms with Crippen molar-refractivity contribution in [2.24, 2.45) is 11.8 Å². The van der Waals surface area contributed by atoms with Crippen molar-refractivity contribution in [3.8, 4) is 0 Å². The first-order valence-corrected chi connectivity index (χ1v) is 14.0. The molecule has 6 rings (SSSR count). The van der Waals surface area contributed by atoms with Gasteiger partial charge in [0, 0.05) is 42.9 Å². The van der Waals surface area contributed by atoms with Crippen LogP contribution in [0.3, 0.4) is 0 Å². The Balaban J connectivity index is 1.27. The number of anilines is 1. The van der Waals surface area contributed by atoms with Crippen LogP contribution in [0.1, 0.15) is 56.8 Å². The second-order valence-corrected chi connectivity index (χ2v) is 11.0. The smallest absolute Gasteiger partial charge is 0.227 e. The number of allylic oxidation sites excluding steroid dienone is 4. The average Bonchev–Trinajstić information content (AvgIpc) is 3.52. The number of carbonyl (C=O) groups excluding carboxylic acids is 1. The first-order chi connectivity index (χ1) is 18.1. The van der Waals surface area contributed by atoms with E-state index in [1.807, 2.05) is 6.20 Å². The van der Waals surface area contributed by atoms with Gasteiger partial charge in [-0.1, -0.05) is 38.2 Å². The number of amides is 1. The van der Waals surface area contributed by atoms with Crippen LogP contribution in [0.15, 0.2) is 54.9 Å². The maximum absolute atomic E-state index is 13.4. The van der Waals surface area contributed by atoms with Crippen LogP contribution in [0, 0.1) is 11.8 Å². The lowest BCUT2D eigenvalue weighted by Gasteiger charge is -2.44. The number of aryl methyl sites for hydroxylation is 1. The van der Waals surface area contributed by atoms with Crippen LogP contribution < -0.4 is 4.90 Å². The molecule has 0 bridgehead atoms. The van der Waals surface area contributed by atoms with Crippen LogP contribution in [-0.4, -0.2) is 56.5 Å². The molecule has 1 amide bonds. The molecule has 3 unspecified atom stereocenters. The Kier molecular flexibility index (Phi) is 6.61. The zero-order valence-corrected chi connectivity index (χ0v) is 22.0. The molecular formula is C30H38N6O. The Morgan fingerprint density at radius 2 is 2.03 bits per heavy atom. The van der Waals surface area contributed by atoms with E-state index in [2.05, 4.69) is 81.0 Å². The minimum absolute atomic E-state index is 0.162. The molecule has 2 aliphatic carbocycles. The van der Waals surface area contributed by atoms with Crippen molar-refractivity contribution in [1.29, 1.82) is 0 Å². The van der Waals surface area contributed by atoms with Gasteiger partial charge in [0.25, 0.3) is 0 Å². The third-order valence-corrected chi connectivity index (χ3v) is 8.71. The quantitative estimate of drug-likeness (QED) is 0.494. The predicted octanol–water partition coefficient (Wildman–Crippen LogP) is 5.08. The fraction of sp³-hybridized carbons (Fsp3) is 0.500. The monoisotopic (exact) mass is 498 g/mol. The highest BCUT2D eigenvalue weighted by Gasteiger charge is 2.33. The summed E-state index contributed by atoms with van der Waals surface area (Å²) in [4.78, 5) is 18.1. The topological polar surface area (TPSA) is 70.1 Å². The van der Waals surface area contributed by atoms with Gasteiger partial charge in [0.05, 0.1) is 29.9 Å². The molecule has 2 fully saturated rings. The highest BCUT2D eigenvalue weighted by Crippen LogP contribution is 2.36. The van der Waals surface area contributed by atoms with Crippen molar-refractivity contribution in [2.45, 2.75) is 64.5 Å². The van der Waals surface area contributed by atoms with Gasteiger partial charge in [-0.2, -0.15) is 10.2 Å². The van der Waals surface area contributed by atoms with Crippen LogP contribution >= 0.6 is 0 Å². The van der Waals surface area contributed by atoms with E-state index in [-0.39, 0.29) is 11.9 Å². The molecule has 37 heavy (non-hydrogen) atoms. The summed E-state index contributed by atoms with van der Waals surface area (Å²) in [6.07, 6.45) is 18.6. The van der Waals surface area contributed by atoms with Crippen molar-refractivity contribution < 1.29 is 4.79 Å². The van der Waals surface area contributed by atoms with Gasteiger partial charge in [0.2, 0.25) is 5.91 Å². The number of hydrogen-bond acceptors (Lipinski definition) is 4. The van der Waals surface area contributed by atoms with E-state index in [1.165, 1.54) is 41.5 Å². The van der Waals surface area contributed by atoms with Gasteiger partial charge < -0.3 is 9.80 Å². The number of hydrogen-bond donors (Lipinski definition) is 1. The molecule has 0 radical (unpaired) electrons. The number of nitrogens with one attached hydrogen (secondary N) is 1. The van der Waals surface area contributed by atoms with E-state index in [0.717, 1.165) is 38.0 Å². The van der Waals surface area contributed by atoms with Gasteiger partial charge in [-0.25, -0.2) is 0 Å². The number of carbonyl (C=O) groups is 1. The lowest BCUT2D eigenvalue weighted by atomic mass is 9.84. The van der Waals surface area contributed by atoms with Gasteiger partial charge in [-0.15, -0.1) is 0 Å². The number of piperazine rings is 1. The summed E-state index contributed by atoms with van der Waals surface area (Å²) in [7, 11) is 0. The normalized spacial score (nSPS) is 24.1. The molecule has 1 saturated heterocycles. The summed E-state index contributed by atoms with van der Waals surface area (Å²) in [6.45, 7) is 6.90. The Labute approximate surface area is 219 Å². The largest absolute Gasteiger partial charge is 0.368 e. The molecule has 3 heterocycles. The minimum atomic E-state index is 0.162. The van der Waals surface area contributed by atoms with E-state index < -0.39 is 0 Å². The number of aromatic amines is 1. The van der Waals surface area contributed by atoms with E-state index in [4.69, 9.17) is 5.10 Å². The number of nitrogens with zero attached hydrogens (tertiary/aromatic N) is 5. The summed E-state index contributed by atoms with van der Waals surface area (Å²) >= 11 is 0. The lowest BCUT2D eigenvalue weighted by Crippen LogP contribution is -2.56. The summed E-state index contributed by atoms with van der Waals surface area (Å²) in [5, 5.41) is 13.2. The molecule has 1 aromatic carbocycles. The van der Waals surface area contributed by atoms with Crippen molar-refractivity contribution in [1.82, 2.24) is 24.9 Å². The molecule has 1 aliphatic heterocycles. The molecular weight excluding hydrogens is 460 g/mol. The highest BCUT2D eigenvalue weighted by molar-refractivity contribution is 5.86. The van der Waals surface area contributed by atoms with Gasteiger partial charge >= 0.3 is 0 Å². The second kappa shape index (κ2) is 10.2. The van der Waals surface area contributed by atoms with E-state index >= 15 is 0 Å². The predicted molar refractivity (Wildman–Crippen MR) is 148 cm³/mol. The zero-order chi connectivity index (χ0) is 25.4. The Morgan fingerprint density at radius 1 is 1.16 bits per heavy atom. The summed E-state index contributed by atoms with van der Waals surface area (Å²) in [5.41, 5.74) is 4.66. The molecule has 3 aromatic rings. The van der Waals surface area contributed by atoms with Crippen molar-refractivity contribution >= 4 is 22.5 Å². The summed E-state index contributed by atoms with van der Waals surface area (Å²) in [6, 6.07) is 7.59. The Bertz CT molecular complexity index is 1300. The zero-order valence-electron chi connectivity index (χ0n) is 22.0. The molecule has 3 aliphatic rings. The molecule has 7 nitrogen and oxygen atoms in total. The standard InChI is InChI=1S/C30H38N6O/c1-3-28-27-12-11-25(17-29(27)36(33-28)24-9-6-10-24)34-13-14-35(30(37)15-22-18-31-32-19-22)26(20-34)16-23-8-5-4-7-21(23)2/h4-5,7-8,11-12,17-19,21,23-24,26H,3,6,9-10,13-16,20H2,1-2H3,(H,31,32). The average molecular weight is 499 g/mol. The van der Waals surface area contributed by atoms with Crippen LogP contribution in [0.5, 0.6) is 0 Å². The van der Waals surface area contributed by atoms with Gasteiger partial charge in [-0.3, -0.25) is 14.6 Å². The second-order valence-electron chi connectivity index (χ2n) is 11.0. The van der Waals surface area contributed by atoms with Crippen LogP contribution in [-0.2, 0) is 17.6 Å². The molecule has 0 spiro atoms. The van der Waals surface area contributed by atoms with Gasteiger partial charge in [0.1, 0.15) is 0 Å². The Hall–Kier alpha value is -3.35. The maximum Gasteiger partial charge on any atom is 0.227 e. The molecule has 1 saturated carbocycles. The van der Waals surface area contributed by atoms with Crippen LogP contribution in [0.4, 0.5) is 5.69 Å². The fourth-order valence-corrected chi connectivity index (χ4v) is 6.20. The van der Waals surface area contributed by atoms with Crippen LogP contribution in [0.25, 0.3) is 10.9 Å². The maximum atomic E-state index is 13.4. The number of benzene rings is 1. The lowest BCUT2D eigenvalue weighted by molar-refractivity contribution is -0.133. The van der Waals surface area contributed by atoms with Gasteiger partial charge in [0.15, 0.2) is 0 Å². The number of H-pyrrole nitrogens is 1. The summed E-state index contributed by atoms with van der Waals surface area (Å²) in [5.74, 6) is 1.11. The van der Waals surface area contributed by atoms with Crippen molar-refractivity contribution in [3.05, 3.63) is 66.2 Å². The molecule has 3 atom stereocenters. The number of rotatable bonds is 7. The van der Waals surface area contributed by atoms with E-state index in [1.54, 1.807) is 6.20 Å². The molecule has 7 heteroatoms. The van der Waals surface area contributed by atoms with Crippen molar-refractivity contribution in [3.63, 3.8) is 0 Å². The number of fused-ring (bicyclic) bond motifs is 1. The molecule has 194 valence electrons.